The maximum absolute atomic E-state index is 13.6. The molecular formula is C36H41ClN8O15. The van der Waals surface area contributed by atoms with Crippen LogP contribution in [0.1, 0.15) is 48.6 Å². The van der Waals surface area contributed by atoms with Crippen LogP contribution >= 0.6 is 11.6 Å². The van der Waals surface area contributed by atoms with Gasteiger partial charge >= 0.3 is 12.1 Å². The Morgan fingerprint density at radius 3 is 2.42 bits per heavy atom. The average Bonchev–Trinajstić information content (AvgIpc) is 4.03. The molecule has 2 aromatic heterocycles. The van der Waals surface area contributed by atoms with Crippen LogP contribution in [0.4, 0.5) is 4.79 Å². The smallest absolute Gasteiger partial charge is 0.426 e. The number of hydrogen-bond acceptors (Lipinski definition) is 19. The Morgan fingerprint density at radius 2 is 1.72 bits per heavy atom. The Kier molecular flexibility index (Phi) is 15.1. The lowest BCUT2D eigenvalue weighted by molar-refractivity contribution is -0.790. The summed E-state index contributed by atoms with van der Waals surface area (Å²) in [4.78, 5) is 60.3. The van der Waals surface area contributed by atoms with Gasteiger partial charge in [-0.1, -0.05) is 73.5 Å². The van der Waals surface area contributed by atoms with Gasteiger partial charge in [0.15, 0.2) is 23.1 Å². The zero-order valence-corrected chi connectivity index (χ0v) is 33.0. The summed E-state index contributed by atoms with van der Waals surface area (Å²) >= 11 is 6.54. The fourth-order valence-corrected chi connectivity index (χ4v) is 6.85. The average molecular weight is 861 g/mol. The maximum atomic E-state index is 13.6. The van der Waals surface area contributed by atoms with Crippen LogP contribution in [0.15, 0.2) is 48.5 Å². The number of nitrogens with zero attached hydrogens (tertiary/aromatic N) is 7. The second-order valence-electron chi connectivity index (χ2n) is 13.4. The van der Waals surface area contributed by atoms with Gasteiger partial charge in [-0.25, -0.2) is 14.6 Å². The van der Waals surface area contributed by atoms with Gasteiger partial charge in [0.1, 0.15) is 30.7 Å². The molecule has 60 heavy (non-hydrogen) atoms. The van der Waals surface area contributed by atoms with E-state index in [2.05, 4.69) is 35.3 Å². The van der Waals surface area contributed by atoms with E-state index in [9.17, 15) is 29.8 Å². The largest absolute Gasteiger partial charge is 0.511 e. The second-order valence-corrected chi connectivity index (χ2v) is 13.7. The van der Waals surface area contributed by atoms with Crippen molar-refractivity contribution in [3.8, 4) is 22.5 Å². The quantitative estimate of drug-likeness (QED) is 0.0387. The number of tetrazole rings is 1. The third-order valence-electron chi connectivity index (χ3n) is 9.28. The lowest BCUT2D eigenvalue weighted by Gasteiger charge is -2.19. The van der Waals surface area contributed by atoms with Gasteiger partial charge in [0, 0.05) is 25.5 Å². The van der Waals surface area contributed by atoms with Crippen molar-refractivity contribution in [3.63, 3.8) is 0 Å². The summed E-state index contributed by atoms with van der Waals surface area (Å²) in [6.45, 7) is 2.57. The number of fused-ring (bicyclic) bond motifs is 1. The number of carbonyl (C=O) groups excluding carboxylic acids is 2. The predicted octanol–water partition coefficient (Wildman–Crippen LogP) is 3.78. The minimum Gasteiger partial charge on any atom is -0.426 e. The van der Waals surface area contributed by atoms with Crippen LogP contribution in [-0.4, -0.2) is 129 Å². The number of carbonyl (C=O) groups is 2. The number of ether oxygens (including phenoxy) is 7. The van der Waals surface area contributed by atoms with E-state index in [-0.39, 0.29) is 50.4 Å². The monoisotopic (exact) mass is 860 g/mol. The Balaban J connectivity index is 0.997. The fraction of sp³-hybridized carbons (Fsp3) is 0.500. The maximum Gasteiger partial charge on any atom is 0.511 e. The standard InChI is InChI=1S/C36H41ClN8O15/c1-3-4-9-29-38-33(37)30(43(29)16-22-10-12-23(13-11-22)25-7-5-6-8-26(25)34-39-41-42-40-34)35(46)57-21(2)58-36(47)59-28-20-55-31-27(19-54-32(28)31)53-15-14-52-17-24(60-45(50)51)18-56-44(48)49/h5-8,10-13,21,24,27-28,31-32H,3-4,9,14-20H2,1-2H3,(H,39,40,41,42)/t21?,24?,27-,28-,31?,32?/m0/s1. The first-order valence-electron chi connectivity index (χ1n) is 18.8. The van der Waals surface area contributed by atoms with Crippen molar-refractivity contribution in [3.05, 3.63) is 91.0 Å². The molecule has 2 saturated heterocycles. The van der Waals surface area contributed by atoms with Gasteiger partial charge in [0.25, 0.3) is 10.2 Å². The molecule has 0 spiro atoms. The zero-order chi connectivity index (χ0) is 42.6. The van der Waals surface area contributed by atoms with E-state index in [1.54, 1.807) is 4.57 Å². The van der Waals surface area contributed by atoms with Crippen molar-refractivity contribution >= 4 is 23.7 Å². The number of halogens is 1. The fourth-order valence-electron chi connectivity index (χ4n) is 6.57. The molecule has 4 aromatic rings. The van der Waals surface area contributed by atoms with E-state index in [4.69, 9.17) is 44.8 Å². The number of esters is 1. The van der Waals surface area contributed by atoms with Gasteiger partial charge < -0.3 is 47.4 Å². The zero-order valence-electron chi connectivity index (χ0n) is 32.3. The number of rotatable bonds is 22. The van der Waals surface area contributed by atoms with Crippen LogP contribution in [0.5, 0.6) is 0 Å². The first-order chi connectivity index (χ1) is 29.0. The Morgan fingerprint density at radius 1 is 0.983 bits per heavy atom. The first-order valence-corrected chi connectivity index (χ1v) is 19.1. The number of imidazole rings is 1. The van der Waals surface area contributed by atoms with Crippen molar-refractivity contribution in [1.29, 1.82) is 0 Å². The molecule has 2 aliphatic heterocycles. The van der Waals surface area contributed by atoms with Gasteiger partial charge in [0.05, 0.1) is 33.0 Å². The van der Waals surface area contributed by atoms with Gasteiger partial charge in [-0.3, -0.25) is 0 Å². The van der Waals surface area contributed by atoms with E-state index in [1.807, 2.05) is 55.5 Å². The van der Waals surface area contributed by atoms with Crippen molar-refractivity contribution in [2.45, 2.75) is 76.5 Å². The number of aromatic amines is 1. The summed E-state index contributed by atoms with van der Waals surface area (Å²) in [6.07, 6.45) is -4.35. The third-order valence-corrected chi connectivity index (χ3v) is 9.54. The van der Waals surface area contributed by atoms with Crippen molar-refractivity contribution in [2.75, 3.05) is 39.6 Å². The molecule has 4 unspecified atom stereocenters. The summed E-state index contributed by atoms with van der Waals surface area (Å²) in [5.41, 5.74) is 3.49. The highest BCUT2D eigenvalue weighted by molar-refractivity contribution is 6.32. The third kappa shape index (κ3) is 11.4. The van der Waals surface area contributed by atoms with Crippen LogP contribution < -0.4 is 0 Å². The molecule has 6 rings (SSSR count). The SMILES string of the molecule is CCCCc1nc(Cl)c(C(=O)OC(C)OC(=O)O[C@H]2COC3C2OC[C@@H]3OCCOCC(CO[N+](=O)[O-])O[N+](=O)[O-])n1Cc1ccc(-c2ccccc2-c2nn[nH]n2)cc1. The number of nitrogens with one attached hydrogen (secondary N) is 1. The van der Waals surface area contributed by atoms with Crippen LogP contribution in [0.25, 0.3) is 22.5 Å². The van der Waals surface area contributed by atoms with Crippen LogP contribution in [-0.2, 0) is 55.8 Å². The van der Waals surface area contributed by atoms with E-state index in [0.717, 1.165) is 35.1 Å². The number of hydrogen-bond donors (Lipinski definition) is 1. The molecule has 4 heterocycles. The van der Waals surface area contributed by atoms with Crippen molar-refractivity contribution in [2.24, 2.45) is 0 Å². The van der Waals surface area contributed by atoms with Crippen molar-refractivity contribution < 1.29 is 62.6 Å². The molecule has 1 N–H and O–H groups in total. The molecule has 24 heteroatoms. The van der Waals surface area contributed by atoms with Crippen LogP contribution in [0, 0.1) is 20.2 Å². The lowest BCUT2D eigenvalue weighted by Crippen LogP contribution is -2.36. The number of H-pyrrole nitrogens is 1. The Hall–Kier alpha value is -6.01. The topological polar surface area (TPSA) is 276 Å². The summed E-state index contributed by atoms with van der Waals surface area (Å²) in [5.74, 6) is 0.194. The Bertz CT molecular complexity index is 2070. The molecule has 2 fully saturated rings. The number of unbranched alkanes of at least 4 members (excludes halogenated alkanes) is 1. The van der Waals surface area contributed by atoms with Gasteiger partial charge in [-0.05, 0) is 28.3 Å². The highest BCUT2D eigenvalue weighted by atomic mass is 35.5. The molecule has 0 saturated carbocycles. The number of aromatic nitrogens is 6. The highest BCUT2D eigenvalue weighted by Gasteiger charge is 2.50. The molecular weight excluding hydrogens is 820 g/mol. The predicted molar refractivity (Wildman–Crippen MR) is 201 cm³/mol. The summed E-state index contributed by atoms with van der Waals surface area (Å²) in [5, 5.41) is 33.1. The molecule has 2 aliphatic rings. The molecule has 23 nitrogen and oxygen atoms in total. The molecule has 6 atom stereocenters. The highest BCUT2D eigenvalue weighted by Crippen LogP contribution is 2.32. The summed E-state index contributed by atoms with van der Waals surface area (Å²) in [7, 11) is 0. The van der Waals surface area contributed by atoms with E-state index >= 15 is 0 Å². The van der Waals surface area contributed by atoms with Crippen LogP contribution in [0.3, 0.4) is 0 Å². The van der Waals surface area contributed by atoms with E-state index < -0.39 is 65.7 Å². The summed E-state index contributed by atoms with van der Waals surface area (Å²) in [6, 6.07) is 15.5. The molecule has 0 amide bonds. The summed E-state index contributed by atoms with van der Waals surface area (Å²) < 4.78 is 40.5. The molecule has 322 valence electrons. The van der Waals surface area contributed by atoms with E-state index in [1.165, 1.54) is 6.92 Å². The second kappa shape index (κ2) is 20.8. The van der Waals surface area contributed by atoms with Crippen molar-refractivity contribution in [1.82, 2.24) is 30.2 Å². The van der Waals surface area contributed by atoms with Gasteiger partial charge in [-0.15, -0.1) is 30.4 Å². The minimum absolute atomic E-state index is 0.00508. The van der Waals surface area contributed by atoms with Gasteiger partial charge in [0.2, 0.25) is 12.1 Å². The van der Waals surface area contributed by atoms with E-state index in [0.29, 0.717) is 18.1 Å². The van der Waals surface area contributed by atoms with Crippen LogP contribution in [0.2, 0.25) is 5.15 Å². The normalized spacial score (nSPS) is 19.2. The molecule has 2 aromatic carbocycles. The molecule has 0 aliphatic carbocycles. The Labute approximate surface area is 345 Å². The number of benzene rings is 2. The molecule has 0 bridgehead atoms. The first kappa shape index (κ1) is 43.6. The number of aryl methyl sites for hydroxylation is 1. The minimum atomic E-state index is -1.39. The van der Waals surface area contributed by atoms with Gasteiger partial charge in [-0.2, -0.15) is 5.21 Å². The lowest BCUT2D eigenvalue weighted by atomic mass is 9.98. The molecule has 0 radical (unpaired) electrons.